The lowest BCUT2D eigenvalue weighted by Gasteiger charge is -2.08. The summed E-state index contributed by atoms with van der Waals surface area (Å²) in [6, 6.07) is 1.81. The van der Waals surface area contributed by atoms with Crippen LogP contribution in [0, 0.1) is 3.57 Å². The molecule has 0 amide bonds. The van der Waals surface area contributed by atoms with E-state index in [-0.39, 0.29) is 6.61 Å². The first-order valence-corrected chi connectivity index (χ1v) is 6.60. The van der Waals surface area contributed by atoms with Gasteiger partial charge in [-0.3, -0.25) is 4.57 Å². The van der Waals surface area contributed by atoms with Crippen molar-refractivity contribution in [2.24, 2.45) is 0 Å². The van der Waals surface area contributed by atoms with Gasteiger partial charge < -0.3 is 14.2 Å². The summed E-state index contributed by atoms with van der Waals surface area (Å²) < 4.78 is 21.3. The molecule has 1 unspecified atom stereocenters. The Balaban J connectivity index is 2.81. The molecule has 0 radical (unpaired) electrons. The molecule has 0 aromatic carbocycles. The van der Waals surface area contributed by atoms with E-state index in [4.69, 9.17) is 9.63 Å². The van der Waals surface area contributed by atoms with Gasteiger partial charge in [-0.15, -0.1) is 0 Å². The molecular weight excluding hydrogens is 332 g/mol. The summed E-state index contributed by atoms with van der Waals surface area (Å²) in [6.45, 7) is 2.38. The molecule has 0 bridgehead atoms. The molecule has 5 nitrogen and oxygen atoms in total. The molecule has 1 heterocycles. The number of pyridine rings is 1. The minimum absolute atomic E-state index is 0.0352. The Morgan fingerprint density at radius 3 is 3.00 bits per heavy atom. The summed E-state index contributed by atoms with van der Waals surface area (Å²) in [5, 5.41) is 0. The smallest absolute Gasteiger partial charge is 0.316 e. The molecule has 0 fully saturated rings. The van der Waals surface area contributed by atoms with E-state index in [1.807, 2.05) is 13.0 Å². The highest BCUT2D eigenvalue weighted by atomic mass is 127. The summed E-state index contributed by atoms with van der Waals surface area (Å²) in [5.74, 6) is 0.446. The number of nitrogens with zero attached hydrogens (tertiary/aromatic N) is 1. The van der Waals surface area contributed by atoms with Gasteiger partial charge in [-0.2, -0.15) is 0 Å². The van der Waals surface area contributed by atoms with Gasteiger partial charge in [0.25, 0.3) is 0 Å². The van der Waals surface area contributed by atoms with Crippen LogP contribution in [0.4, 0.5) is 0 Å². The molecule has 0 spiro atoms. The molecule has 1 aromatic rings. The van der Waals surface area contributed by atoms with Crippen molar-refractivity contribution >= 4 is 30.8 Å². The average Bonchev–Trinajstić information content (AvgIpc) is 2.18. The molecule has 0 aliphatic carbocycles. The van der Waals surface area contributed by atoms with Crippen molar-refractivity contribution in [2.45, 2.75) is 13.5 Å². The van der Waals surface area contributed by atoms with Gasteiger partial charge in [-0.1, -0.05) is 0 Å². The molecule has 1 atom stereocenters. The molecule has 0 aliphatic heterocycles. The van der Waals surface area contributed by atoms with Crippen LogP contribution in [0.1, 0.15) is 12.5 Å². The molecule has 1 N–H and O–H groups in total. The van der Waals surface area contributed by atoms with Crippen LogP contribution < -0.4 is 4.74 Å². The second-order valence-corrected chi connectivity index (χ2v) is 4.67. The molecule has 0 saturated heterocycles. The Morgan fingerprint density at radius 1 is 1.67 bits per heavy atom. The van der Waals surface area contributed by atoms with E-state index in [9.17, 15) is 4.57 Å². The monoisotopic (exact) mass is 343 g/mol. The highest BCUT2D eigenvalue weighted by Crippen LogP contribution is 2.24. The molecule has 0 saturated carbocycles. The zero-order valence-corrected chi connectivity index (χ0v) is 11.2. The summed E-state index contributed by atoms with van der Waals surface area (Å²) in [7, 11) is -2.91. The molecule has 1 rings (SSSR count). The van der Waals surface area contributed by atoms with Crippen molar-refractivity contribution < 1.29 is 18.7 Å². The fourth-order valence-electron chi connectivity index (χ4n) is 0.978. The van der Waals surface area contributed by atoms with Crippen LogP contribution in [-0.4, -0.2) is 16.5 Å². The number of hydrogen-bond donors (Lipinski definition) is 1. The zero-order valence-electron chi connectivity index (χ0n) is 8.07. The molecular formula is C8H11INO4P. The van der Waals surface area contributed by atoms with E-state index >= 15 is 0 Å². The van der Waals surface area contributed by atoms with Gasteiger partial charge in [-0.05, 0) is 35.6 Å². The van der Waals surface area contributed by atoms with Crippen LogP contribution in [0.15, 0.2) is 12.3 Å². The van der Waals surface area contributed by atoms with Crippen molar-refractivity contribution in [2.75, 3.05) is 6.61 Å². The second-order valence-electron chi connectivity index (χ2n) is 2.61. The van der Waals surface area contributed by atoms with Crippen molar-refractivity contribution in [3.63, 3.8) is 0 Å². The Bertz CT molecular complexity index is 360. The number of rotatable bonds is 5. The number of halogens is 1. The summed E-state index contributed by atoms with van der Waals surface area (Å²) in [4.78, 5) is 12.6. The standard InChI is InChI=1S/C8H11INO4P/c1-2-13-8-6(5-14-15(11)12)3-7(9)4-10-8/h3-4,15H,2,5H2,1H3,(H,11,12). The van der Waals surface area contributed by atoms with Gasteiger partial charge in [0, 0.05) is 15.3 Å². The second kappa shape index (κ2) is 6.42. The highest BCUT2D eigenvalue weighted by molar-refractivity contribution is 14.1. The van der Waals surface area contributed by atoms with Gasteiger partial charge in [0.1, 0.15) is 0 Å². The van der Waals surface area contributed by atoms with Gasteiger partial charge >= 0.3 is 8.25 Å². The van der Waals surface area contributed by atoms with Gasteiger partial charge in [0.15, 0.2) is 0 Å². The fourth-order valence-corrected chi connectivity index (χ4v) is 1.77. The van der Waals surface area contributed by atoms with Gasteiger partial charge in [-0.25, -0.2) is 4.98 Å². The van der Waals surface area contributed by atoms with Crippen LogP contribution >= 0.6 is 30.8 Å². The fraction of sp³-hybridized carbons (Fsp3) is 0.375. The maximum absolute atomic E-state index is 10.4. The average molecular weight is 343 g/mol. The maximum atomic E-state index is 10.4. The van der Waals surface area contributed by atoms with Crippen LogP contribution in [-0.2, 0) is 15.7 Å². The van der Waals surface area contributed by atoms with E-state index in [2.05, 4.69) is 32.1 Å². The minimum atomic E-state index is -2.91. The molecule has 1 aromatic heterocycles. The van der Waals surface area contributed by atoms with Crippen LogP contribution in [0.25, 0.3) is 0 Å². The number of ether oxygens (including phenoxy) is 1. The van der Waals surface area contributed by atoms with E-state index in [0.29, 0.717) is 18.1 Å². The molecule has 0 aliphatic rings. The molecule has 7 heteroatoms. The Labute approximate surface area is 102 Å². The topological polar surface area (TPSA) is 68.7 Å². The predicted octanol–water partition coefficient (Wildman–Crippen LogP) is 1.98. The lowest BCUT2D eigenvalue weighted by molar-refractivity contribution is 0.259. The van der Waals surface area contributed by atoms with Crippen molar-refractivity contribution in [3.05, 3.63) is 21.4 Å². The third-order valence-electron chi connectivity index (χ3n) is 1.52. The number of aromatic nitrogens is 1. The van der Waals surface area contributed by atoms with Gasteiger partial charge in [0.2, 0.25) is 5.88 Å². The highest BCUT2D eigenvalue weighted by Gasteiger charge is 2.07. The summed E-state index contributed by atoms with van der Waals surface area (Å²) in [6.07, 6.45) is 1.66. The minimum Gasteiger partial charge on any atom is -0.478 e. The maximum Gasteiger partial charge on any atom is 0.316 e. The molecule has 15 heavy (non-hydrogen) atoms. The first kappa shape index (κ1) is 12.9. The van der Waals surface area contributed by atoms with Crippen molar-refractivity contribution in [1.29, 1.82) is 0 Å². The normalized spacial score (nSPS) is 12.5. The first-order valence-electron chi connectivity index (χ1n) is 4.26. The van der Waals surface area contributed by atoms with Crippen LogP contribution in [0.3, 0.4) is 0 Å². The van der Waals surface area contributed by atoms with Crippen molar-refractivity contribution in [1.82, 2.24) is 4.98 Å². The van der Waals surface area contributed by atoms with E-state index < -0.39 is 8.25 Å². The predicted molar refractivity (Wildman–Crippen MR) is 64.1 cm³/mol. The lowest BCUT2D eigenvalue weighted by Crippen LogP contribution is -2.00. The van der Waals surface area contributed by atoms with Crippen LogP contribution in [0.5, 0.6) is 5.88 Å². The first-order chi connectivity index (χ1) is 7.13. The Kier molecular flexibility index (Phi) is 5.52. The lowest BCUT2D eigenvalue weighted by atomic mass is 10.3. The summed E-state index contributed by atoms with van der Waals surface area (Å²) >= 11 is 2.10. The third kappa shape index (κ3) is 4.46. The quantitative estimate of drug-likeness (QED) is 0.654. The van der Waals surface area contributed by atoms with E-state index in [0.717, 1.165) is 3.57 Å². The van der Waals surface area contributed by atoms with E-state index in [1.165, 1.54) is 0 Å². The van der Waals surface area contributed by atoms with Gasteiger partial charge in [0.05, 0.1) is 13.2 Å². The SMILES string of the molecule is CCOc1ncc(I)cc1CO[PH](=O)O. The Hall–Kier alpha value is -0.170. The summed E-state index contributed by atoms with van der Waals surface area (Å²) in [5.41, 5.74) is 0.677. The van der Waals surface area contributed by atoms with Crippen LogP contribution in [0.2, 0.25) is 0 Å². The van der Waals surface area contributed by atoms with Crippen molar-refractivity contribution in [3.8, 4) is 5.88 Å². The van der Waals surface area contributed by atoms with E-state index in [1.54, 1.807) is 6.20 Å². The Morgan fingerprint density at radius 2 is 2.40 bits per heavy atom. The zero-order chi connectivity index (χ0) is 11.3. The third-order valence-corrected chi connectivity index (χ3v) is 2.51. The molecule has 84 valence electrons. The largest absolute Gasteiger partial charge is 0.478 e. The number of hydrogen-bond acceptors (Lipinski definition) is 4.